The molecule has 3 aliphatic heterocycles. The van der Waals surface area contributed by atoms with Crippen molar-refractivity contribution in [2.75, 3.05) is 6.54 Å². The van der Waals surface area contributed by atoms with Gasteiger partial charge in [0.1, 0.15) is 34.3 Å². The van der Waals surface area contributed by atoms with Gasteiger partial charge in [-0.2, -0.15) is 0 Å². The molecule has 0 unspecified atom stereocenters. The predicted molar refractivity (Wildman–Crippen MR) is 220 cm³/mol. The Balaban J connectivity index is 1.01. The Labute approximate surface area is 347 Å². The lowest BCUT2D eigenvalue weighted by atomic mass is 9.89. The molecule has 2 aromatic rings. The van der Waals surface area contributed by atoms with Crippen LogP contribution in [0.4, 0.5) is 4.79 Å². The minimum absolute atomic E-state index is 0.0296. The number of hydrogen-bond donors (Lipinski definition) is 4. The molecule has 4 N–H and O–H groups in total. The number of carbonyl (C=O) groups is 4. The van der Waals surface area contributed by atoms with Crippen LogP contribution in [0, 0.1) is 11.8 Å². The number of pyridine rings is 1. The molecule has 0 radical (unpaired) electrons. The number of rotatable bonds is 10. The van der Waals surface area contributed by atoms with Gasteiger partial charge in [0.15, 0.2) is 0 Å². The van der Waals surface area contributed by atoms with Crippen molar-refractivity contribution >= 4 is 57.8 Å². The van der Waals surface area contributed by atoms with Crippen molar-refractivity contribution in [1.82, 2.24) is 20.5 Å². The minimum atomic E-state index is -1.47. The molecule has 0 spiro atoms. The highest BCUT2D eigenvalue weighted by molar-refractivity contribution is 9.10. The number of amides is 3. The predicted octanol–water partition coefficient (Wildman–Crippen LogP) is 5.96. The first kappa shape index (κ1) is 42.0. The number of unbranched alkanes of at least 4 members (excludes halogenated alkanes) is 1. The molecule has 3 amide bonds. The monoisotopic (exact) mass is 864 g/mol. The van der Waals surface area contributed by atoms with Crippen molar-refractivity contribution in [3.63, 3.8) is 0 Å². The third kappa shape index (κ3) is 9.03. The summed E-state index contributed by atoms with van der Waals surface area (Å²) in [6, 6.07) is 4.90. The number of alkyl carbamates (subject to hydrolysis) is 1. The summed E-state index contributed by atoms with van der Waals surface area (Å²) < 4.78 is 24.3. The van der Waals surface area contributed by atoms with Crippen LogP contribution in [-0.2, 0) is 28.4 Å². The van der Waals surface area contributed by atoms with Crippen LogP contribution >= 0.6 is 15.9 Å². The van der Waals surface area contributed by atoms with Crippen molar-refractivity contribution in [3.8, 4) is 5.88 Å². The maximum absolute atomic E-state index is 14.5. The first-order valence-electron chi connectivity index (χ1n) is 20.6. The molecule has 4 heterocycles. The Bertz CT molecular complexity index is 2020. The number of carbonyl (C=O) groups excluding carboxylic acids is 3. The van der Waals surface area contributed by atoms with Crippen molar-refractivity contribution in [2.24, 2.45) is 11.8 Å². The van der Waals surface area contributed by atoms with Crippen molar-refractivity contribution in [2.45, 2.75) is 139 Å². The molecular weight excluding hydrogens is 811 g/mol. The van der Waals surface area contributed by atoms with Gasteiger partial charge in [-0.15, -0.1) is 0 Å². The zero-order valence-electron chi connectivity index (χ0n) is 33.6. The maximum atomic E-state index is 14.5. The number of aliphatic carboxylic acids is 1. The van der Waals surface area contributed by atoms with Crippen LogP contribution in [0.25, 0.3) is 10.9 Å². The quantitative estimate of drug-likeness (QED) is 0.126. The molecule has 14 nitrogen and oxygen atoms in total. The zero-order valence-corrected chi connectivity index (χ0v) is 35.2. The van der Waals surface area contributed by atoms with Gasteiger partial charge in [-0.05, 0) is 113 Å². The van der Waals surface area contributed by atoms with Crippen LogP contribution in [0.15, 0.2) is 57.7 Å². The molecule has 4 fully saturated rings. The fraction of sp³-hybridized carbons (Fsp3) is 0.595. The van der Waals surface area contributed by atoms with Crippen LogP contribution in [0.2, 0.25) is 0 Å². The lowest BCUT2D eigenvalue weighted by Gasteiger charge is -2.32. The largest absolute Gasteiger partial charge is 0.486 e. The number of nitrogens with one attached hydrogen (secondary N) is 3. The first-order chi connectivity index (χ1) is 27.6. The lowest BCUT2D eigenvalue weighted by molar-refractivity contribution is -0.145. The number of halogens is 1. The van der Waals surface area contributed by atoms with E-state index in [1.807, 2.05) is 45.8 Å². The fourth-order valence-electron chi connectivity index (χ4n) is 8.24. The van der Waals surface area contributed by atoms with Gasteiger partial charge in [-0.3, -0.25) is 14.4 Å². The van der Waals surface area contributed by atoms with Crippen LogP contribution in [0.1, 0.15) is 98.3 Å². The van der Waals surface area contributed by atoms with E-state index >= 15 is 0 Å². The molecule has 58 heavy (non-hydrogen) atoms. The number of ether oxygens (including phenoxy) is 2. The highest BCUT2D eigenvalue weighted by Crippen LogP contribution is 2.46. The molecule has 312 valence electrons. The van der Waals surface area contributed by atoms with Crippen molar-refractivity contribution in [3.05, 3.63) is 63.2 Å². The van der Waals surface area contributed by atoms with Gasteiger partial charge in [0.05, 0.1) is 23.3 Å². The number of allylic oxidation sites excluding steroid dienone is 2. The first-order valence-corrected chi connectivity index (χ1v) is 21.4. The van der Waals surface area contributed by atoms with Crippen LogP contribution in [0.5, 0.6) is 5.88 Å². The molecule has 7 atom stereocenters. The Morgan fingerprint density at radius 1 is 1.09 bits per heavy atom. The van der Waals surface area contributed by atoms with E-state index in [2.05, 4.69) is 37.6 Å². The number of carboxylic acids is 1. The summed E-state index contributed by atoms with van der Waals surface area (Å²) in [6.07, 6.45) is 11.1. The Morgan fingerprint density at radius 2 is 1.84 bits per heavy atom. The van der Waals surface area contributed by atoms with Gasteiger partial charge in [-0.25, -0.2) is 9.59 Å². The molecule has 1 aromatic carbocycles. The number of H-pyrrole nitrogens is 1. The standard InChI is InChI=1S/C42H54BBrN4O10/c1-40(2)41(3,4)58-43(57-40)20-14-8-9-15-25-21-32(25)56-39(54)46-30-19-11-7-5-6-10-16-26-23-42(26,38(52)53)47-35(50)31-22-27(24-48(31)37(30)51)55-36-33(44)34(49)28-17-12-13-18-29(28)45-36/h10,12-14,16-18,20,25-27,30-32H,5-9,11,15,19,21-24H2,1-4H3,(H,45,49)(H,46,54)(H,47,50)(H,52,53)/b16-10-,20-14+/t25-,26-,27-,30+,31+,32-,42-/m1/s1. The van der Waals surface area contributed by atoms with Gasteiger partial charge >= 0.3 is 19.2 Å². The average Bonchev–Trinajstić information content (AvgIpc) is 4.01. The van der Waals surface area contributed by atoms with Crippen molar-refractivity contribution < 1.29 is 43.1 Å². The van der Waals surface area contributed by atoms with E-state index < -0.39 is 47.6 Å². The van der Waals surface area contributed by atoms with E-state index in [1.54, 1.807) is 24.3 Å². The second-order valence-electron chi connectivity index (χ2n) is 17.4. The number of aromatic amines is 1. The molecular formula is C42H54BBrN4O10. The van der Waals surface area contributed by atoms with E-state index in [-0.39, 0.29) is 71.4 Å². The molecule has 2 aliphatic carbocycles. The van der Waals surface area contributed by atoms with Crippen LogP contribution < -0.4 is 20.8 Å². The number of para-hydroxylation sites is 1. The normalized spacial score (nSPS) is 31.1. The maximum Gasteiger partial charge on any atom is 0.486 e. The SMILES string of the molecule is CC1(C)OB(/C=C/CCC[C@@H]2C[C@H]2OC(=O)N[C@H]2CCCCC/C=C\[C@@H]3C[C@@]3(C(=O)O)NC(=O)[C@@H]3C[C@@H](Oc4[nH]c5ccccc5c(=O)c4Br)CN3C2=O)OC1(C)C. The van der Waals surface area contributed by atoms with Gasteiger partial charge in [0.25, 0.3) is 0 Å². The molecule has 16 heteroatoms. The average molecular weight is 866 g/mol. The number of aromatic nitrogens is 1. The number of nitrogens with zero attached hydrogens (tertiary/aromatic N) is 1. The Hall–Kier alpha value is -4.15. The summed E-state index contributed by atoms with van der Waals surface area (Å²) >= 11 is 3.36. The van der Waals surface area contributed by atoms with E-state index in [0.29, 0.717) is 23.7 Å². The topological polar surface area (TPSA) is 186 Å². The molecule has 7 rings (SSSR count). The van der Waals surface area contributed by atoms with Gasteiger partial charge in [0.2, 0.25) is 23.1 Å². The smallest absolute Gasteiger partial charge is 0.479 e. The third-order valence-electron chi connectivity index (χ3n) is 12.6. The lowest BCUT2D eigenvalue weighted by Crippen LogP contribution is -2.56. The van der Waals surface area contributed by atoms with Crippen LogP contribution in [-0.4, -0.2) is 93.6 Å². The second-order valence-corrected chi connectivity index (χ2v) is 18.2. The summed E-state index contributed by atoms with van der Waals surface area (Å²) in [4.78, 5) is 72.0. The van der Waals surface area contributed by atoms with Gasteiger partial charge in [0, 0.05) is 17.7 Å². The summed E-state index contributed by atoms with van der Waals surface area (Å²) in [5.74, 6) is -0.288. The van der Waals surface area contributed by atoms with E-state index in [1.165, 1.54) is 4.90 Å². The number of fused-ring (bicyclic) bond motifs is 3. The number of carboxylic acid groups (broad SMARTS) is 1. The van der Waals surface area contributed by atoms with Gasteiger partial charge in [-0.1, -0.05) is 49.2 Å². The fourth-order valence-corrected chi connectivity index (χ4v) is 8.64. The second kappa shape index (κ2) is 16.8. The Morgan fingerprint density at radius 3 is 2.60 bits per heavy atom. The highest BCUT2D eigenvalue weighted by Gasteiger charge is 2.61. The van der Waals surface area contributed by atoms with Crippen LogP contribution in [0.3, 0.4) is 0 Å². The summed E-state index contributed by atoms with van der Waals surface area (Å²) in [7, 11) is -0.382. The van der Waals surface area contributed by atoms with E-state index in [4.69, 9.17) is 18.8 Å². The molecule has 5 aliphatic rings. The number of hydrogen-bond acceptors (Lipinski definition) is 9. The summed E-state index contributed by atoms with van der Waals surface area (Å²) in [5, 5.41) is 16.2. The number of benzene rings is 1. The minimum Gasteiger partial charge on any atom is -0.479 e. The third-order valence-corrected chi connectivity index (χ3v) is 13.4. The molecule has 2 saturated heterocycles. The van der Waals surface area contributed by atoms with E-state index in [9.17, 15) is 29.1 Å². The molecule has 2 saturated carbocycles. The summed E-state index contributed by atoms with van der Waals surface area (Å²) in [5.41, 5.74) is -1.97. The summed E-state index contributed by atoms with van der Waals surface area (Å²) in [6.45, 7) is 8.05. The highest BCUT2D eigenvalue weighted by atomic mass is 79.9. The van der Waals surface area contributed by atoms with E-state index in [0.717, 1.165) is 44.9 Å². The molecule has 1 aromatic heterocycles. The molecule has 0 bridgehead atoms. The zero-order chi connectivity index (χ0) is 41.4. The van der Waals surface area contributed by atoms with Gasteiger partial charge < -0.3 is 44.4 Å². The van der Waals surface area contributed by atoms with Crippen molar-refractivity contribution in [1.29, 1.82) is 0 Å². The Kier molecular flexibility index (Phi) is 12.2.